The zero-order valence-electron chi connectivity index (χ0n) is 11.7. The van der Waals surface area contributed by atoms with Gasteiger partial charge in [-0.3, -0.25) is 0 Å². The Labute approximate surface area is 139 Å². The highest BCUT2D eigenvalue weighted by molar-refractivity contribution is 9.10. The number of hydrogen-bond acceptors (Lipinski definition) is 5. The number of furan rings is 1. The predicted octanol–water partition coefficient (Wildman–Crippen LogP) is 4.83. The van der Waals surface area contributed by atoms with Crippen molar-refractivity contribution in [2.75, 3.05) is 0 Å². The maximum absolute atomic E-state index is 12.2. The number of halogens is 1. The molecule has 1 aromatic carbocycles. The highest BCUT2D eigenvalue weighted by atomic mass is 79.9. The normalized spacial score (nSPS) is 10.6. The minimum Gasteiger partial charge on any atom is -0.462 e. The first-order valence-corrected chi connectivity index (χ1v) is 8.18. The lowest BCUT2D eigenvalue weighted by Crippen LogP contribution is -2.07. The van der Waals surface area contributed by atoms with Crippen molar-refractivity contribution < 1.29 is 13.9 Å². The molecule has 0 spiro atoms. The van der Waals surface area contributed by atoms with Crippen LogP contribution in [0.15, 0.2) is 51.6 Å². The number of carbonyl (C=O) groups excluding carboxylic acids is 1. The fourth-order valence-electron chi connectivity index (χ4n) is 1.92. The van der Waals surface area contributed by atoms with E-state index in [2.05, 4.69) is 20.9 Å². The molecule has 3 rings (SSSR count). The molecule has 112 valence electrons. The number of esters is 1. The molecule has 0 amide bonds. The van der Waals surface area contributed by atoms with E-state index < -0.39 is 5.97 Å². The predicted molar refractivity (Wildman–Crippen MR) is 87.8 cm³/mol. The molecular formula is C16H12BrNO3S. The highest BCUT2D eigenvalue weighted by Crippen LogP contribution is 2.28. The van der Waals surface area contributed by atoms with Crippen molar-refractivity contribution in [2.45, 2.75) is 13.5 Å². The van der Waals surface area contributed by atoms with Crippen molar-refractivity contribution >= 4 is 33.2 Å². The van der Waals surface area contributed by atoms with Crippen LogP contribution in [0, 0.1) is 6.92 Å². The van der Waals surface area contributed by atoms with Gasteiger partial charge < -0.3 is 9.15 Å². The molecule has 0 bridgehead atoms. The van der Waals surface area contributed by atoms with Crippen LogP contribution in [0.3, 0.4) is 0 Å². The Bertz CT molecular complexity index is 796. The van der Waals surface area contributed by atoms with E-state index in [9.17, 15) is 4.79 Å². The number of carbonyl (C=O) groups is 1. The number of ether oxygens (including phenoxy) is 1. The van der Waals surface area contributed by atoms with E-state index >= 15 is 0 Å². The number of nitrogens with zero attached hydrogens (tertiary/aromatic N) is 1. The summed E-state index contributed by atoms with van der Waals surface area (Å²) in [5, 5.41) is 0.676. The summed E-state index contributed by atoms with van der Waals surface area (Å²) in [5.74, 6) is 0.222. The van der Waals surface area contributed by atoms with E-state index in [1.54, 1.807) is 12.3 Å². The molecule has 0 radical (unpaired) electrons. The van der Waals surface area contributed by atoms with E-state index in [1.165, 1.54) is 11.3 Å². The summed E-state index contributed by atoms with van der Waals surface area (Å²) in [6.45, 7) is 2.05. The number of benzene rings is 1. The minimum atomic E-state index is -0.428. The average molecular weight is 378 g/mol. The van der Waals surface area contributed by atoms with Crippen LogP contribution in [0.25, 0.3) is 10.8 Å². The average Bonchev–Trinajstić information content (AvgIpc) is 3.15. The number of aryl methyl sites for hydroxylation is 1. The summed E-state index contributed by atoms with van der Waals surface area (Å²) in [6.07, 6.45) is 1.58. The molecule has 0 aliphatic rings. The van der Waals surface area contributed by atoms with E-state index in [4.69, 9.17) is 9.15 Å². The minimum absolute atomic E-state index is 0.202. The maximum atomic E-state index is 12.2. The maximum Gasteiger partial charge on any atom is 0.358 e. The van der Waals surface area contributed by atoms with Crippen LogP contribution in [0.1, 0.15) is 20.9 Å². The zero-order valence-corrected chi connectivity index (χ0v) is 14.1. The molecule has 0 aliphatic heterocycles. The third kappa shape index (κ3) is 3.13. The van der Waals surface area contributed by atoms with Gasteiger partial charge in [0.15, 0.2) is 16.5 Å². The van der Waals surface area contributed by atoms with Crippen molar-refractivity contribution in [3.8, 4) is 10.8 Å². The van der Waals surface area contributed by atoms with Crippen LogP contribution in [0.2, 0.25) is 0 Å². The van der Waals surface area contributed by atoms with E-state index in [1.807, 2.05) is 37.3 Å². The van der Waals surface area contributed by atoms with E-state index in [0.717, 1.165) is 14.9 Å². The van der Waals surface area contributed by atoms with Crippen LogP contribution in [0.4, 0.5) is 0 Å². The number of rotatable bonds is 4. The Kier molecular flexibility index (Phi) is 4.40. The van der Waals surface area contributed by atoms with Crippen LogP contribution in [-0.2, 0) is 11.3 Å². The Morgan fingerprint density at radius 3 is 2.86 bits per heavy atom. The molecule has 0 unspecified atom stereocenters. The van der Waals surface area contributed by atoms with E-state index in [-0.39, 0.29) is 6.61 Å². The third-order valence-corrected chi connectivity index (χ3v) is 4.80. The van der Waals surface area contributed by atoms with Gasteiger partial charge in [-0.2, -0.15) is 0 Å². The number of thiazole rings is 1. The fraction of sp³-hybridized carbons (Fsp3) is 0.125. The van der Waals surface area contributed by atoms with Crippen molar-refractivity contribution in [3.63, 3.8) is 0 Å². The topological polar surface area (TPSA) is 52.3 Å². The summed E-state index contributed by atoms with van der Waals surface area (Å²) in [5.41, 5.74) is 1.25. The molecule has 0 saturated carbocycles. The van der Waals surface area contributed by atoms with Gasteiger partial charge in [0.05, 0.1) is 6.26 Å². The smallest absolute Gasteiger partial charge is 0.358 e. The lowest BCUT2D eigenvalue weighted by atomic mass is 10.2. The van der Waals surface area contributed by atoms with Gasteiger partial charge in [-0.25, -0.2) is 9.78 Å². The standard InChI is InChI=1S/C16H12BrNO3S/c1-10-14(18-15(22-10)13-7-4-8-20-13)16(19)21-9-11-5-2-3-6-12(11)17/h2-8H,9H2,1H3. The second-order valence-electron chi connectivity index (χ2n) is 4.57. The monoisotopic (exact) mass is 377 g/mol. The van der Waals surface area contributed by atoms with Crippen LogP contribution in [-0.4, -0.2) is 11.0 Å². The Morgan fingerprint density at radius 1 is 1.32 bits per heavy atom. The first kappa shape index (κ1) is 15.0. The Morgan fingerprint density at radius 2 is 2.14 bits per heavy atom. The lowest BCUT2D eigenvalue weighted by molar-refractivity contribution is 0.0465. The molecule has 0 saturated heterocycles. The van der Waals surface area contributed by atoms with Gasteiger partial charge in [0, 0.05) is 14.9 Å². The largest absolute Gasteiger partial charge is 0.462 e. The summed E-state index contributed by atoms with van der Waals surface area (Å²) in [4.78, 5) is 17.3. The van der Waals surface area contributed by atoms with Crippen molar-refractivity contribution in [1.29, 1.82) is 0 Å². The second-order valence-corrected chi connectivity index (χ2v) is 6.63. The van der Waals surface area contributed by atoms with Gasteiger partial charge in [-0.15, -0.1) is 11.3 Å². The first-order valence-electron chi connectivity index (χ1n) is 6.57. The SMILES string of the molecule is Cc1sc(-c2ccco2)nc1C(=O)OCc1ccccc1Br. The number of aromatic nitrogens is 1. The van der Waals surface area contributed by atoms with Gasteiger partial charge >= 0.3 is 5.97 Å². The van der Waals surface area contributed by atoms with E-state index in [0.29, 0.717) is 16.5 Å². The summed E-state index contributed by atoms with van der Waals surface area (Å²) in [6, 6.07) is 11.2. The van der Waals surface area contributed by atoms with Crippen molar-refractivity contribution in [2.24, 2.45) is 0 Å². The molecule has 0 N–H and O–H groups in total. The van der Waals surface area contributed by atoms with Gasteiger partial charge in [0.2, 0.25) is 0 Å². The molecule has 2 aromatic heterocycles. The fourth-order valence-corrected chi connectivity index (χ4v) is 3.19. The number of hydrogen-bond donors (Lipinski definition) is 0. The molecule has 0 fully saturated rings. The summed E-state index contributed by atoms with van der Waals surface area (Å²) in [7, 11) is 0. The summed E-state index contributed by atoms with van der Waals surface area (Å²) < 4.78 is 11.6. The van der Waals surface area contributed by atoms with Crippen LogP contribution < -0.4 is 0 Å². The van der Waals surface area contributed by atoms with Crippen LogP contribution in [0.5, 0.6) is 0 Å². The van der Waals surface area contributed by atoms with Gasteiger partial charge in [0.25, 0.3) is 0 Å². The second kappa shape index (κ2) is 6.46. The van der Waals surface area contributed by atoms with Crippen molar-refractivity contribution in [3.05, 3.63) is 63.3 Å². The molecule has 6 heteroatoms. The summed E-state index contributed by atoms with van der Waals surface area (Å²) >= 11 is 4.84. The van der Waals surface area contributed by atoms with Crippen molar-refractivity contribution in [1.82, 2.24) is 4.98 Å². The molecule has 22 heavy (non-hydrogen) atoms. The lowest BCUT2D eigenvalue weighted by Gasteiger charge is -2.05. The molecule has 0 atom stereocenters. The van der Waals surface area contributed by atoms with Gasteiger partial charge in [0.1, 0.15) is 6.61 Å². The molecule has 0 aliphatic carbocycles. The molecule has 3 aromatic rings. The highest BCUT2D eigenvalue weighted by Gasteiger charge is 2.19. The zero-order chi connectivity index (χ0) is 15.5. The Balaban J connectivity index is 1.74. The van der Waals surface area contributed by atoms with Gasteiger partial charge in [-0.1, -0.05) is 34.1 Å². The third-order valence-electron chi connectivity index (χ3n) is 3.04. The molecule has 2 heterocycles. The Hall–Kier alpha value is -1.92. The van der Waals surface area contributed by atoms with Gasteiger partial charge in [-0.05, 0) is 25.1 Å². The quantitative estimate of drug-likeness (QED) is 0.610. The molecule has 4 nitrogen and oxygen atoms in total. The molecular weight excluding hydrogens is 366 g/mol. The van der Waals surface area contributed by atoms with Crippen LogP contribution >= 0.6 is 27.3 Å². The first-order chi connectivity index (χ1) is 10.6.